The molecule has 1 aliphatic rings. The predicted octanol–water partition coefficient (Wildman–Crippen LogP) is -0.641. The average Bonchev–Trinajstić information content (AvgIpc) is 2.50. The van der Waals surface area contributed by atoms with Gasteiger partial charge in [0.1, 0.15) is 0 Å². The van der Waals surface area contributed by atoms with Gasteiger partial charge in [0.2, 0.25) is 0 Å². The van der Waals surface area contributed by atoms with Crippen LogP contribution in [0.15, 0.2) is 18.2 Å². The molecule has 0 saturated carbocycles. The number of carboxylic acids is 1. The fourth-order valence-corrected chi connectivity index (χ4v) is 1.63. The number of carbonyl (C=O) groups excluding carboxylic acids is 1. The van der Waals surface area contributed by atoms with Crippen LogP contribution in [0.1, 0.15) is 5.56 Å². The van der Waals surface area contributed by atoms with E-state index >= 15 is 0 Å². The van der Waals surface area contributed by atoms with Crippen LogP contribution in [0.2, 0.25) is 0 Å². The van der Waals surface area contributed by atoms with Gasteiger partial charge in [0.05, 0.1) is 25.7 Å². The highest BCUT2D eigenvalue weighted by Gasteiger charge is 2.17. The quantitative estimate of drug-likeness (QED) is 0.756. The molecule has 5 heteroatoms. The highest BCUT2D eigenvalue weighted by molar-refractivity contribution is 5.68. The summed E-state index contributed by atoms with van der Waals surface area (Å²) in [4.78, 5) is 10.5. The van der Waals surface area contributed by atoms with E-state index < -0.39 is 5.97 Å². The summed E-state index contributed by atoms with van der Waals surface area (Å²) in [5.41, 5.74) is 0.606. The van der Waals surface area contributed by atoms with Crippen molar-refractivity contribution in [2.75, 3.05) is 19.8 Å². The van der Waals surface area contributed by atoms with Gasteiger partial charge in [-0.15, -0.1) is 0 Å². The molecular formula is C12H13O5-. The number of benzene rings is 1. The Morgan fingerprint density at radius 2 is 2.06 bits per heavy atom. The molecule has 1 N–H and O–H groups in total. The molecule has 1 aliphatic heterocycles. The van der Waals surface area contributed by atoms with Crippen LogP contribution in [0, 0.1) is 5.92 Å². The molecule has 0 saturated heterocycles. The van der Waals surface area contributed by atoms with E-state index in [0.29, 0.717) is 30.3 Å². The van der Waals surface area contributed by atoms with E-state index in [4.69, 9.17) is 14.6 Å². The van der Waals surface area contributed by atoms with E-state index in [-0.39, 0.29) is 18.9 Å². The molecule has 1 heterocycles. The van der Waals surface area contributed by atoms with Crippen LogP contribution in [-0.4, -0.2) is 30.9 Å². The largest absolute Gasteiger partial charge is 0.550 e. The van der Waals surface area contributed by atoms with Gasteiger partial charge in [0.25, 0.3) is 0 Å². The molecule has 0 fully saturated rings. The predicted molar refractivity (Wildman–Crippen MR) is 56.7 cm³/mol. The summed E-state index contributed by atoms with van der Waals surface area (Å²) in [6.07, 6.45) is -0.153. The van der Waals surface area contributed by atoms with Crippen molar-refractivity contribution < 1.29 is 24.5 Å². The molecule has 1 aromatic carbocycles. The van der Waals surface area contributed by atoms with Crippen LogP contribution >= 0.6 is 0 Å². The van der Waals surface area contributed by atoms with Gasteiger partial charge in [0, 0.05) is 12.4 Å². The number of aliphatic carboxylic acids is 1. The molecule has 1 unspecified atom stereocenters. The number of hydrogen-bond donors (Lipinski definition) is 1. The van der Waals surface area contributed by atoms with Crippen molar-refractivity contribution in [2.24, 2.45) is 5.92 Å². The van der Waals surface area contributed by atoms with Crippen LogP contribution in [0.4, 0.5) is 0 Å². The van der Waals surface area contributed by atoms with Crippen molar-refractivity contribution in [3.63, 3.8) is 0 Å². The molecule has 17 heavy (non-hydrogen) atoms. The molecule has 0 spiro atoms. The van der Waals surface area contributed by atoms with Crippen molar-refractivity contribution in [1.29, 1.82) is 0 Å². The third kappa shape index (κ3) is 2.88. The molecule has 0 aromatic heterocycles. The standard InChI is InChI=1S/C12H14O5/c13-5-9-6-16-10-2-1-8(4-12(14)15)3-11(10)17-7-9/h1-3,9,13H,4-7H2,(H,14,15)/p-1. The third-order valence-electron chi connectivity index (χ3n) is 2.56. The maximum Gasteiger partial charge on any atom is 0.161 e. The summed E-state index contributed by atoms with van der Waals surface area (Å²) in [5.74, 6) is -0.109. The maximum absolute atomic E-state index is 10.5. The molecule has 0 bridgehead atoms. The van der Waals surface area contributed by atoms with Crippen molar-refractivity contribution in [3.05, 3.63) is 23.8 Å². The zero-order valence-corrected chi connectivity index (χ0v) is 9.22. The fraction of sp³-hybridized carbons (Fsp3) is 0.417. The topological polar surface area (TPSA) is 78.8 Å². The Bertz CT molecular complexity index is 415. The number of rotatable bonds is 3. The van der Waals surface area contributed by atoms with Gasteiger partial charge >= 0.3 is 0 Å². The van der Waals surface area contributed by atoms with E-state index in [1.807, 2.05) is 0 Å². The van der Waals surface area contributed by atoms with Crippen LogP contribution in [0.3, 0.4) is 0 Å². The maximum atomic E-state index is 10.5. The van der Waals surface area contributed by atoms with Gasteiger partial charge in [-0.3, -0.25) is 0 Å². The summed E-state index contributed by atoms with van der Waals surface area (Å²) in [6, 6.07) is 4.97. The number of carbonyl (C=O) groups is 1. The van der Waals surface area contributed by atoms with E-state index in [2.05, 4.69) is 0 Å². The lowest BCUT2D eigenvalue weighted by atomic mass is 10.1. The highest BCUT2D eigenvalue weighted by Crippen LogP contribution is 2.31. The summed E-state index contributed by atoms with van der Waals surface area (Å²) in [5, 5.41) is 19.5. The lowest BCUT2D eigenvalue weighted by molar-refractivity contribution is -0.304. The van der Waals surface area contributed by atoms with Crippen LogP contribution in [0.5, 0.6) is 11.5 Å². The second kappa shape index (κ2) is 5.05. The fourth-order valence-electron chi connectivity index (χ4n) is 1.63. The van der Waals surface area contributed by atoms with E-state index in [1.54, 1.807) is 18.2 Å². The van der Waals surface area contributed by atoms with Crippen molar-refractivity contribution in [1.82, 2.24) is 0 Å². The second-order valence-corrected chi connectivity index (χ2v) is 4.00. The first-order chi connectivity index (χ1) is 8.19. The molecule has 1 aromatic rings. The van der Waals surface area contributed by atoms with Crippen LogP contribution in [-0.2, 0) is 11.2 Å². The van der Waals surface area contributed by atoms with Crippen molar-refractivity contribution >= 4 is 5.97 Å². The molecular weight excluding hydrogens is 224 g/mol. The van der Waals surface area contributed by atoms with Crippen molar-refractivity contribution in [3.8, 4) is 11.5 Å². The minimum absolute atomic E-state index is 0.000107. The van der Waals surface area contributed by atoms with Crippen LogP contribution < -0.4 is 14.6 Å². The second-order valence-electron chi connectivity index (χ2n) is 4.00. The Kier molecular flexibility index (Phi) is 3.49. The molecule has 0 amide bonds. The zero-order chi connectivity index (χ0) is 12.3. The molecule has 0 radical (unpaired) electrons. The van der Waals surface area contributed by atoms with E-state index in [1.165, 1.54) is 0 Å². The smallest absolute Gasteiger partial charge is 0.161 e. The first-order valence-corrected chi connectivity index (χ1v) is 5.38. The lowest BCUT2D eigenvalue weighted by Crippen LogP contribution is -2.24. The molecule has 0 aliphatic carbocycles. The van der Waals surface area contributed by atoms with Crippen molar-refractivity contribution in [2.45, 2.75) is 6.42 Å². The Balaban J connectivity index is 2.16. The SMILES string of the molecule is O=C([O-])Cc1ccc2c(c1)OCC(CO)CO2. The zero-order valence-electron chi connectivity index (χ0n) is 9.22. The van der Waals surface area contributed by atoms with Gasteiger partial charge in [-0.2, -0.15) is 0 Å². The normalized spacial score (nSPS) is 18.5. The highest BCUT2D eigenvalue weighted by atomic mass is 16.5. The van der Waals surface area contributed by atoms with Gasteiger partial charge < -0.3 is 24.5 Å². The third-order valence-corrected chi connectivity index (χ3v) is 2.56. The number of carboxylic acid groups (broad SMARTS) is 1. The van der Waals surface area contributed by atoms with Crippen LogP contribution in [0.25, 0.3) is 0 Å². The monoisotopic (exact) mass is 237 g/mol. The van der Waals surface area contributed by atoms with Gasteiger partial charge in [-0.1, -0.05) is 6.07 Å². The van der Waals surface area contributed by atoms with Gasteiger partial charge in [0.15, 0.2) is 11.5 Å². The Morgan fingerprint density at radius 1 is 1.35 bits per heavy atom. The lowest BCUT2D eigenvalue weighted by Gasteiger charge is -2.09. The van der Waals surface area contributed by atoms with E-state index in [0.717, 1.165) is 0 Å². The number of aliphatic hydroxyl groups is 1. The van der Waals surface area contributed by atoms with Gasteiger partial charge in [-0.05, 0) is 17.7 Å². The molecule has 5 nitrogen and oxygen atoms in total. The minimum atomic E-state index is -1.13. The summed E-state index contributed by atoms with van der Waals surface area (Å²) in [6.45, 7) is 0.751. The number of ether oxygens (including phenoxy) is 2. The molecule has 92 valence electrons. The van der Waals surface area contributed by atoms with Gasteiger partial charge in [-0.25, -0.2) is 0 Å². The summed E-state index contributed by atoms with van der Waals surface area (Å²) >= 11 is 0. The van der Waals surface area contributed by atoms with E-state index in [9.17, 15) is 9.90 Å². The average molecular weight is 237 g/mol. The number of fused-ring (bicyclic) bond motifs is 1. The summed E-state index contributed by atoms with van der Waals surface area (Å²) in [7, 11) is 0. The Labute approximate surface area is 98.6 Å². The Hall–Kier alpha value is -1.75. The molecule has 1 atom stereocenters. The number of hydrogen-bond acceptors (Lipinski definition) is 5. The minimum Gasteiger partial charge on any atom is -0.550 e. The first-order valence-electron chi connectivity index (χ1n) is 5.38. The first kappa shape index (κ1) is 11.7. The molecule has 2 rings (SSSR count). The summed E-state index contributed by atoms with van der Waals surface area (Å²) < 4.78 is 10.9. The number of aliphatic hydroxyl groups excluding tert-OH is 1. The Morgan fingerprint density at radius 3 is 2.71 bits per heavy atom.